The van der Waals surface area contributed by atoms with Crippen LogP contribution in [-0.2, 0) is 32.0 Å². The second kappa shape index (κ2) is 11.4. The minimum Gasteiger partial charge on any atom is -0.480 e. The van der Waals surface area contributed by atoms with Crippen molar-refractivity contribution in [2.24, 2.45) is 5.73 Å². The fraction of sp³-hybridized carbons (Fsp3) is 0.435. The molecule has 1 saturated heterocycles. The van der Waals surface area contributed by atoms with Gasteiger partial charge >= 0.3 is 5.97 Å². The normalized spacial score (nSPS) is 18.1. The molecule has 1 aromatic heterocycles. The summed E-state index contributed by atoms with van der Waals surface area (Å²) in [6, 6.07) is 5.62. The van der Waals surface area contributed by atoms with Gasteiger partial charge in [-0.2, -0.15) is 0 Å². The Morgan fingerprint density at radius 2 is 1.94 bits per heavy atom. The Bertz CT molecular complexity index is 997. The summed E-state index contributed by atoms with van der Waals surface area (Å²) in [4.78, 5) is 58.0. The molecule has 4 unspecified atom stereocenters. The van der Waals surface area contributed by atoms with Crippen molar-refractivity contribution in [3.8, 4) is 0 Å². The lowest BCUT2D eigenvalue weighted by molar-refractivity contribution is -0.144. The summed E-state index contributed by atoms with van der Waals surface area (Å²) in [7, 11) is 0. The van der Waals surface area contributed by atoms with E-state index in [2.05, 4.69) is 20.6 Å². The van der Waals surface area contributed by atoms with Crippen LogP contribution in [0.25, 0.3) is 0 Å². The van der Waals surface area contributed by atoms with Crippen molar-refractivity contribution in [1.82, 2.24) is 25.5 Å². The van der Waals surface area contributed by atoms with Crippen LogP contribution < -0.4 is 16.4 Å². The number of aromatic amines is 1. The van der Waals surface area contributed by atoms with E-state index in [4.69, 9.17) is 5.73 Å². The molecule has 4 atom stereocenters. The predicted octanol–water partition coefficient (Wildman–Crippen LogP) is -0.413. The molecule has 1 aromatic carbocycles. The first kappa shape index (κ1) is 24.9. The number of likely N-dealkylation sites (tertiary alicyclic amines) is 1. The molecule has 1 aliphatic heterocycles. The first-order valence-corrected chi connectivity index (χ1v) is 11.2. The number of hydrogen-bond acceptors (Lipinski definition) is 6. The second-order valence-corrected chi connectivity index (χ2v) is 8.40. The van der Waals surface area contributed by atoms with Crippen molar-refractivity contribution < 1.29 is 24.3 Å². The molecule has 1 aliphatic rings. The van der Waals surface area contributed by atoms with Crippen LogP contribution in [0.2, 0.25) is 0 Å². The molecule has 0 aliphatic carbocycles. The van der Waals surface area contributed by atoms with Gasteiger partial charge < -0.3 is 31.4 Å². The molecule has 182 valence electrons. The fourth-order valence-corrected chi connectivity index (χ4v) is 3.98. The van der Waals surface area contributed by atoms with Gasteiger partial charge in [-0.15, -0.1) is 0 Å². The molecule has 6 N–H and O–H groups in total. The van der Waals surface area contributed by atoms with Crippen LogP contribution in [0.1, 0.15) is 31.0 Å². The van der Waals surface area contributed by atoms with Crippen LogP contribution in [0.4, 0.5) is 0 Å². The van der Waals surface area contributed by atoms with E-state index in [-0.39, 0.29) is 6.42 Å². The summed E-state index contributed by atoms with van der Waals surface area (Å²) < 4.78 is 0. The molecule has 2 aromatic rings. The molecular weight excluding hydrogens is 440 g/mol. The Labute approximate surface area is 197 Å². The second-order valence-electron chi connectivity index (χ2n) is 8.40. The zero-order chi connectivity index (χ0) is 24.7. The number of imidazole rings is 1. The topological polar surface area (TPSA) is 171 Å². The van der Waals surface area contributed by atoms with E-state index >= 15 is 0 Å². The monoisotopic (exact) mass is 470 g/mol. The maximum atomic E-state index is 13.0. The number of nitrogens with one attached hydrogen (secondary N) is 3. The van der Waals surface area contributed by atoms with E-state index in [1.54, 1.807) is 6.92 Å². The number of amides is 3. The van der Waals surface area contributed by atoms with E-state index < -0.39 is 47.9 Å². The van der Waals surface area contributed by atoms with E-state index in [1.165, 1.54) is 17.4 Å². The minimum absolute atomic E-state index is 0.0352. The molecule has 2 heterocycles. The number of aliphatic carboxylic acids is 1. The smallest absolute Gasteiger partial charge is 0.326 e. The highest BCUT2D eigenvalue weighted by molar-refractivity contribution is 5.94. The van der Waals surface area contributed by atoms with Crippen molar-refractivity contribution in [2.45, 2.75) is 56.8 Å². The lowest BCUT2D eigenvalue weighted by Gasteiger charge is -2.28. The Morgan fingerprint density at radius 3 is 2.59 bits per heavy atom. The maximum absolute atomic E-state index is 13.0. The third kappa shape index (κ3) is 6.41. The average molecular weight is 471 g/mol. The number of carbonyl (C=O) groups excluding carboxylic acids is 3. The third-order valence-corrected chi connectivity index (χ3v) is 5.80. The molecule has 0 radical (unpaired) electrons. The number of carbonyl (C=O) groups is 4. The van der Waals surface area contributed by atoms with Crippen LogP contribution in [0.5, 0.6) is 0 Å². The van der Waals surface area contributed by atoms with Crippen molar-refractivity contribution in [2.75, 3.05) is 6.54 Å². The van der Waals surface area contributed by atoms with Gasteiger partial charge in [-0.25, -0.2) is 9.78 Å². The molecular formula is C23H30N6O5. The van der Waals surface area contributed by atoms with Crippen molar-refractivity contribution in [3.63, 3.8) is 0 Å². The van der Waals surface area contributed by atoms with Gasteiger partial charge in [0.2, 0.25) is 17.7 Å². The molecule has 0 bridgehead atoms. The molecule has 3 rings (SSSR count). The third-order valence-electron chi connectivity index (χ3n) is 5.80. The Hall–Kier alpha value is -3.73. The van der Waals surface area contributed by atoms with Gasteiger partial charge in [0.25, 0.3) is 0 Å². The van der Waals surface area contributed by atoms with Crippen LogP contribution in [0.3, 0.4) is 0 Å². The van der Waals surface area contributed by atoms with E-state index in [0.717, 1.165) is 5.56 Å². The number of H-pyrrole nitrogens is 1. The van der Waals surface area contributed by atoms with E-state index in [0.29, 0.717) is 31.5 Å². The van der Waals surface area contributed by atoms with Gasteiger partial charge in [0.15, 0.2) is 0 Å². The van der Waals surface area contributed by atoms with E-state index in [1.807, 2.05) is 30.3 Å². The molecule has 1 fully saturated rings. The lowest BCUT2D eigenvalue weighted by atomic mass is 10.1. The average Bonchev–Trinajstić information content (AvgIpc) is 3.50. The number of rotatable bonds is 10. The van der Waals surface area contributed by atoms with Crippen LogP contribution >= 0.6 is 0 Å². The van der Waals surface area contributed by atoms with Gasteiger partial charge in [-0.3, -0.25) is 14.4 Å². The Kier molecular flexibility index (Phi) is 8.36. The summed E-state index contributed by atoms with van der Waals surface area (Å²) in [5.74, 6) is -2.61. The molecule has 34 heavy (non-hydrogen) atoms. The van der Waals surface area contributed by atoms with Crippen LogP contribution in [0, 0.1) is 0 Å². The number of hydrogen-bond donors (Lipinski definition) is 5. The first-order chi connectivity index (χ1) is 16.3. The highest BCUT2D eigenvalue weighted by Gasteiger charge is 2.38. The summed E-state index contributed by atoms with van der Waals surface area (Å²) in [6.07, 6.45) is 4.27. The highest BCUT2D eigenvalue weighted by Crippen LogP contribution is 2.19. The number of carboxylic acids is 1. The van der Waals surface area contributed by atoms with Crippen LogP contribution in [0.15, 0.2) is 42.9 Å². The number of nitrogens with two attached hydrogens (primary N) is 1. The quantitative estimate of drug-likeness (QED) is 0.314. The largest absolute Gasteiger partial charge is 0.480 e. The predicted molar refractivity (Wildman–Crippen MR) is 122 cm³/mol. The summed E-state index contributed by atoms with van der Waals surface area (Å²) in [5.41, 5.74) is 7.47. The van der Waals surface area contributed by atoms with Gasteiger partial charge in [0.1, 0.15) is 18.1 Å². The molecule has 3 amide bonds. The molecule has 11 heteroatoms. The van der Waals surface area contributed by atoms with Gasteiger partial charge in [0.05, 0.1) is 12.4 Å². The molecule has 0 saturated carbocycles. The first-order valence-electron chi connectivity index (χ1n) is 11.2. The standard InChI is InChI=1S/C23H30N6O5/c1-14(27-20(30)17(24)10-15-6-3-2-4-7-15)22(32)29-9-5-8-19(29)21(31)28-18(23(33)34)11-16-12-25-13-26-16/h2-4,6-7,12-14,17-19H,5,8-11,24H2,1H3,(H,25,26)(H,27,30)(H,28,31)(H,33,34). The number of carboxylic acid groups (broad SMARTS) is 1. The molecule has 0 spiro atoms. The number of benzene rings is 1. The number of aromatic nitrogens is 2. The van der Waals surface area contributed by atoms with Crippen molar-refractivity contribution in [1.29, 1.82) is 0 Å². The lowest BCUT2D eigenvalue weighted by Crippen LogP contribution is -2.56. The van der Waals surface area contributed by atoms with Gasteiger partial charge in [0, 0.05) is 24.9 Å². The maximum Gasteiger partial charge on any atom is 0.326 e. The Morgan fingerprint density at radius 1 is 1.21 bits per heavy atom. The van der Waals surface area contributed by atoms with E-state index in [9.17, 15) is 24.3 Å². The SMILES string of the molecule is CC(NC(=O)C(N)Cc1ccccc1)C(=O)N1CCCC1C(=O)NC(Cc1cnc[nH]1)C(=O)O. The van der Waals surface area contributed by atoms with Gasteiger partial charge in [-0.05, 0) is 31.7 Å². The number of nitrogens with zero attached hydrogens (tertiary/aromatic N) is 2. The summed E-state index contributed by atoms with van der Waals surface area (Å²) in [5, 5.41) is 14.6. The Balaban J connectivity index is 1.57. The zero-order valence-electron chi connectivity index (χ0n) is 18.9. The minimum atomic E-state index is -1.19. The molecule has 11 nitrogen and oxygen atoms in total. The van der Waals surface area contributed by atoms with Crippen LogP contribution in [-0.4, -0.2) is 74.4 Å². The summed E-state index contributed by atoms with van der Waals surface area (Å²) >= 11 is 0. The van der Waals surface area contributed by atoms with Crippen molar-refractivity contribution in [3.05, 3.63) is 54.1 Å². The highest BCUT2D eigenvalue weighted by atomic mass is 16.4. The van der Waals surface area contributed by atoms with Crippen molar-refractivity contribution >= 4 is 23.7 Å². The summed E-state index contributed by atoms with van der Waals surface area (Å²) in [6.45, 7) is 1.88. The fourth-order valence-electron chi connectivity index (χ4n) is 3.98. The zero-order valence-corrected chi connectivity index (χ0v) is 18.9. The van der Waals surface area contributed by atoms with Gasteiger partial charge in [-0.1, -0.05) is 30.3 Å².